The van der Waals surface area contributed by atoms with Gasteiger partial charge in [0.05, 0.1) is 12.2 Å². The van der Waals surface area contributed by atoms with Crippen molar-refractivity contribution in [2.45, 2.75) is 32.6 Å². The number of hydrogen-bond donors (Lipinski definition) is 0. The summed E-state index contributed by atoms with van der Waals surface area (Å²) < 4.78 is 25.9. The second kappa shape index (κ2) is 6.80. The maximum Gasteiger partial charge on any atom is 0.227 e. The molecule has 1 amide bonds. The van der Waals surface area contributed by atoms with E-state index in [-0.39, 0.29) is 17.1 Å². The zero-order valence-corrected chi connectivity index (χ0v) is 15.0. The van der Waals surface area contributed by atoms with Gasteiger partial charge in [0.1, 0.15) is 0 Å². The summed E-state index contributed by atoms with van der Waals surface area (Å²) in [6.45, 7) is 4.26. The van der Waals surface area contributed by atoms with Crippen LogP contribution in [0.2, 0.25) is 0 Å². The lowest BCUT2D eigenvalue weighted by Gasteiger charge is -2.40. The molecule has 6 nitrogen and oxygen atoms in total. The number of pyridine rings is 1. The fourth-order valence-corrected chi connectivity index (χ4v) is 5.06. The van der Waals surface area contributed by atoms with Crippen molar-refractivity contribution in [2.24, 2.45) is 5.41 Å². The van der Waals surface area contributed by atoms with Gasteiger partial charge < -0.3 is 4.90 Å². The van der Waals surface area contributed by atoms with Gasteiger partial charge in [0.25, 0.3) is 0 Å². The second-order valence-corrected chi connectivity index (χ2v) is 9.20. The van der Waals surface area contributed by atoms with Crippen LogP contribution in [0.1, 0.15) is 31.7 Å². The summed E-state index contributed by atoms with van der Waals surface area (Å²) in [7, 11) is -3.14. The van der Waals surface area contributed by atoms with Gasteiger partial charge in [-0.1, -0.05) is 6.07 Å². The van der Waals surface area contributed by atoms with Crippen LogP contribution in [-0.4, -0.2) is 60.4 Å². The first-order chi connectivity index (χ1) is 11.4. The summed E-state index contributed by atoms with van der Waals surface area (Å²) in [6.07, 6.45) is 6.58. The third-order valence-electron chi connectivity index (χ3n) is 5.25. The molecule has 3 rings (SSSR count). The van der Waals surface area contributed by atoms with Gasteiger partial charge in [-0.05, 0) is 37.8 Å². The lowest BCUT2D eigenvalue weighted by molar-refractivity contribution is -0.133. The molecular weight excluding hydrogens is 326 g/mol. The molecule has 24 heavy (non-hydrogen) atoms. The van der Waals surface area contributed by atoms with Crippen LogP contribution in [0.15, 0.2) is 24.5 Å². The Bertz CT molecular complexity index is 692. The van der Waals surface area contributed by atoms with Crippen LogP contribution in [-0.2, 0) is 21.2 Å². The van der Waals surface area contributed by atoms with E-state index >= 15 is 0 Å². The summed E-state index contributed by atoms with van der Waals surface area (Å²) in [5.74, 6) is 0.256. The molecule has 0 bridgehead atoms. The molecule has 2 aliphatic heterocycles. The molecule has 7 heteroatoms. The molecule has 1 aromatic rings. The van der Waals surface area contributed by atoms with E-state index in [0.717, 1.165) is 31.4 Å². The summed E-state index contributed by atoms with van der Waals surface area (Å²) in [5.41, 5.74) is 0.856. The Balaban J connectivity index is 1.65. The number of carbonyl (C=O) groups excluding carboxylic acids is 1. The summed E-state index contributed by atoms with van der Waals surface area (Å²) in [5, 5.41) is 0. The lowest BCUT2D eigenvalue weighted by atomic mass is 9.79. The number of amides is 1. The molecule has 3 heterocycles. The summed E-state index contributed by atoms with van der Waals surface area (Å²) in [6, 6.07) is 3.75. The Labute approximate surface area is 143 Å². The smallest absolute Gasteiger partial charge is 0.227 e. The molecule has 1 spiro atoms. The third-order valence-corrected chi connectivity index (χ3v) is 7.08. The van der Waals surface area contributed by atoms with Crippen LogP contribution >= 0.6 is 0 Å². The van der Waals surface area contributed by atoms with Gasteiger partial charge in [0, 0.05) is 44.0 Å². The number of sulfonamides is 1. The normalized spacial score (nSPS) is 25.3. The van der Waals surface area contributed by atoms with Gasteiger partial charge in [0.15, 0.2) is 0 Å². The van der Waals surface area contributed by atoms with Crippen molar-refractivity contribution in [3.63, 3.8) is 0 Å². The molecular formula is C17H25N3O3S. The molecule has 2 aliphatic rings. The van der Waals surface area contributed by atoms with E-state index in [1.807, 2.05) is 17.0 Å². The fourth-order valence-electron chi connectivity index (χ4n) is 3.86. The number of piperidine rings is 1. The minimum atomic E-state index is -3.14. The van der Waals surface area contributed by atoms with Gasteiger partial charge in [-0.2, -0.15) is 0 Å². The molecule has 1 atom stereocenters. The SMILES string of the molecule is CCS(=O)(=O)N1CCC2(CCCN(C(=O)Cc3cccnc3)C2)C1. The Morgan fingerprint density at radius 2 is 2.12 bits per heavy atom. The zero-order chi connectivity index (χ0) is 17.2. The van der Waals surface area contributed by atoms with Gasteiger partial charge in [0.2, 0.25) is 15.9 Å². The molecule has 0 saturated carbocycles. The van der Waals surface area contributed by atoms with Crippen LogP contribution in [0.5, 0.6) is 0 Å². The van der Waals surface area contributed by atoms with Gasteiger partial charge in [-0.15, -0.1) is 0 Å². The van der Waals surface area contributed by atoms with Crippen molar-refractivity contribution < 1.29 is 13.2 Å². The van der Waals surface area contributed by atoms with E-state index in [4.69, 9.17) is 0 Å². The van der Waals surface area contributed by atoms with E-state index in [1.165, 1.54) is 0 Å². The van der Waals surface area contributed by atoms with Gasteiger partial charge in [-0.3, -0.25) is 9.78 Å². The second-order valence-electron chi connectivity index (χ2n) is 6.94. The Hall–Kier alpha value is -1.47. The molecule has 0 radical (unpaired) electrons. The van der Waals surface area contributed by atoms with E-state index in [0.29, 0.717) is 26.1 Å². The number of likely N-dealkylation sites (tertiary alicyclic amines) is 1. The van der Waals surface area contributed by atoms with Crippen molar-refractivity contribution in [3.05, 3.63) is 30.1 Å². The number of carbonyl (C=O) groups is 1. The van der Waals surface area contributed by atoms with E-state index < -0.39 is 10.0 Å². The lowest BCUT2D eigenvalue weighted by Crippen LogP contribution is -2.48. The number of nitrogens with zero attached hydrogens (tertiary/aromatic N) is 3. The highest BCUT2D eigenvalue weighted by Crippen LogP contribution is 2.40. The molecule has 0 aliphatic carbocycles. The van der Waals surface area contributed by atoms with Crippen LogP contribution in [0.3, 0.4) is 0 Å². The molecule has 0 N–H and O–H groups in total. The topological polar surface area (TPSA) is 70.6 Å². The number of aromatic nitrogens is 1. The van der Waals surface area contributed by atoms with Crippen molar-refractivity contribution in [3.8, 4) is 0 Å². The minimum Gasteiger partial charge on any atom is -0.342 e. The summed E-state index contributed by atoms with van der Waals surface area (Å²) in [4.78, 5) is 18.6. The van der Waals surface area contributed by atoms with Crippen molar-refractivity contribution in [2.75, 3.05) is 31.9 Å². The maximum absolute atomic E-state index is 12.6. The average molecular weight is 351 g/mol. The predicted octanol–water partition coefficient (Wildman–Crippen LogP) is 1.29. The fraction of sp³-hybridized carbons (Fsp3) is 0.647. The minimum absolute atomic E-state index is 0.0644. The first kappa shape index (κ1) is 17.4. The van der Waals surface area contributed by atoms with Crippen LogP contribution in [0.4, 0.5) is 0 Å². The van der Waals surface area contributed by atoms with Gasteiger partial charge >= 0.3 is 0 Å². The van der Waals surface area contributed by atoms with Gasteiger partial charge in [-0.25, -0.2) is 12.7 Å². The van der Waals surface area contributed by atoms with E-state index in [9.17, 15) is 13.2 Å². The first-order valence-corrected chi connectivity index (χ1v) is 10.2. The Morgan fingerprint density at radius 1 is 1.29 bits per heavy atom. The number of rotatable bonds is 4. The van der Waals surface area contributed by atoms with Crippen molar-refractivity contribution >= 4 is 15.9 Å². The molecule has 0 aromatic carbocycles. The molecule has 1 aromatic heterocycles. The predicted molar refractivity (Wildman–Crippen MR) is 91.8 cm³/mol. The largest absolute Gasteiger partial charge is 0.342 e. The first-order valence-electron chi connectivity index (χ1n) is 8.59. The van der Waals surface area contributed by atoms with Crippen LogP contribution in [0, 0.1) is 5.41 Å². The van der Waals surface area contributed by atoms with E-state index in [1.54, 1.807) is 23.6 Å². The summed E-state index contributed by atoms with van der Waals surface area (Å²) >= 11 is 0. The quantitative estimate of drug-likeness (QED) is 0.819. The Kier molecular flexibility index (Phi) is 4.92. The molecule has 2 fully saturated rings. The molecule has 1 unspecified atom stereocenters. The highest BCUT2D eigenvalue weighted by atomic mass is 32.2. The van der Waals surface area contributed by atoms with Crippen LogP contribution in [0.25, 0.3) is 0 Å². The highest BCUT2D eigenvalue weighted by Gasteiger charge is 2.45. The van der Waals surface area contributed by atoms with Crippen molar-refractivity contribution in [1.82, 2.24) is 14.2 Å². The Morgan fingerprint density at radius 3 is 2.83 bits per heavy atom. The molecule has 2 saturated heterocycles. The van der Waals surface area contributed by atoms with Crippen LogP contribution < -0.4 is 0 Å². The average Bonchev–Trinajstić information content (AvgIpc) is 3.00. The standard InChI is InChI=1S/C17H25N3O3S/c1-2-24(22,23)20-10-7-17(14-20)6-4-9-19(13-17)16(21)11-15-5-3-8-18-12-15/h3,5,8,12H,2,4,6-7,9-11,13-14H2,1H3. The monoisotopic (exact) mass is 351 g/mol. The number of hydrogen-bond acceptors (Lipinski definition) is 4. The van der Waals surface area contributed by atoms with E-state index in [2.05, 4.69) is 4.98 Å². The molecule has 132 valence electrons. The zero-order valence-electron chi connectivity index (χ0n) is 14.1. The van der Waals surface area contributed by atoms with Crippen molar-refractivity contribution in [1.29, 1.82) is 0 Å². The third kappa shape index (κ3) is 3.62. The maximum atomic E-state index is 12.6. The highest BCUT2D eigenvalue weighted by molar-refractivity contribution is 7.89.